The summed E-state index contributed by atoms with van der Waals surface area (Å²) in [5.74, 6) is 0. The van der Waals surface area contributed by atoms with Gasteiger partial charge in [-0.15, -0.1) is 6.58 Å². The number of hydrogen-bond acceptors (Lipinski definition) is 1. The van der Waals surface area contributed by atoms with E-state index in [-0.39, 0.29) is 6.10 Å². The molecule has 0 saturated carbocycles. The number of aliphatic hydroxyl groups is 1. The zero-order valence-corrected chi connectivity index (χ0v) is 4.72. The molecule has 0 unspecified atom stereocenters. The lowest BCUT2D eigenvalue weighted by molar-refractivity contribution is 0.186. The van der Waals surface area contributed by atoms with Gasteiger partial charge in [0, 0.05) is 0 Å². The van der Waals surface area contributed by atoms with Crippen molar-refractivity contribution in [1.82, 2.24) is 0 Å². The van der Waals surface area contributed by atoms with Crippen LogP contribution in [0, 0.1) is 0 Å². The highest BCUT2D eigenvalue weighted by molar-refractivity contribution is 4.66. The van der Waals surface area contributed by atoms with E-state index in [1.54, 1.807) is 6.92 Å². The molecule has 1 heteroatoms. The van der Waals surface area contributed by atoms with Gasteiger partial charge in [-0.3, -0.25) is 0 Å². The Hall–Kier alpha value is -0.300. The molecule has 1 atom stereocenters. The Balaban J connectivity index is 2.81. The molecule has 42 valence electrons. The zero-order valence-electron chi connectivity index (χ0n) is 4.72. The Kier molecular flexibility index (Phi) is 3.71. The first-order chi connectivity index (χ1) is 3.27. The van der Waals surface area contributed by atoms with E-state index in [9.17, 15) is 0 Å². The van der Waals surface area contributed by atoms with Crippen molar-refractivity contribution in [3.05, 3.63) is 12.7 Å². The summed E-state index contributed by atoms with van der Waals surface area (Å²) in [5.41, 5.74) is 0. The van der Waals surface area contributed by atoms with Crippen molar-refractivity contribution in [2.45, 2.75) is 25.9 Å². The quantitative estimate of drug-likeness (QED) is 0.530. The summed E-state index contributed by atoms with van der Waals surface area (Å²) in [5, 5.41) is 8.64. The van der Waals surface area contributed by atoms with Gasteiger partial charge in [0.15, 0.2) is 0 Å². The Labute approximate surface area is 44.7 Å². The summed E-state index contributed by atoms with van der Waals surface area (Å²) in [6.07, 6.45) is 3.39. The largest absolute Gasteiger partial charge is 0.393 e. The fourth-order valence-electron chi connectivity index (χ4n) is 0.359. The van der Waals surface area contributed by atoms with Crippen LogP contribution in [0.15, 0.2) is 12.7 Å². The van der Waals surface area contributed by atoms with E-state index < -0.39 is 0 Å². The molecule has 0 aliphatic heterocycles. The summed E-state index contributed by atoms with van der Waals surface area (Å²) < 4.78 is 0. The summed E-state index contributed by atoms with van der Waals surface area (Å²) in [7, 11) is 0. The van der Waals surface area contributed by atoms with Crippen molar-refractivity contribution in [2.75, 3.05) is 0 Å². The lowest BCUT2D eigenvalue weighted by Crippen LogP contribution is -1.96. The molecular weight excluding hydrogens is 88.1 g/mol. The molecule has 7 heavy (non-hydrogen) atoms. The summed E-state index contributed by atoms with van der Waals surface area (Å²) in [6, 6.07) is 0. The van der Waals surface area contributed by atoms with E-state index in [1.807, 2.05) is 6.08 Å². The van der Waals surface area contributed by atoms with Gasteiger partial charge in [0.1, 0.15) is 0 Å². The van der Waals surface area contributed by atoms with Crippen molar-refractivity contribution >= 4 is 0 Å². The van der Waals surface area contributed by atoms with Crippen LogP contribution >= 0.6 is 0 Å². The second kappa shape index (κ2) is 3.88. The average Bonchev–Trinajstić information content (AvgIpc) is 1.61. The molecule has 0 bridgehead atoms. The number of allylic oxidation sites excluding steroid dienone is 1. The van der Waals surface area contributed by atoms with E-state index in [1.165, 1.54) is 0 Å². The molecule has 0 amide bonds. The van der Waals surface area contributed by atoms with Gasteiger partial charge in [0.2, 0.25) is 0 Å². The van der Waals surface area contributed by atoms with Gasteiger partial charge in [0.05, 0.1) is 6.10 Å². The van der Waals surface area contributed by atoms with Gasteiger partial charge < -0.3 is 5.11 Å². The number of hydrogen-bond donors (Lipinski definition) is 1. The molecule has 0 aliphatic rings. The minimum atomic E-state index is -0.169. The summed E-state index contributed by atoms with van der Waals surface area (Å²) >= 11 is 0. The smallest absolute Gasteiger partial charge is 0.0515 e. The molecule has 0 aromatic carbocycles. The molecule has 0 aliphatic carbocycles. The molecule has 0 radical (unpaired) electrons. The van der Waals surface area contributed by atoms with E-state index >= 15 is 0 Å². The number of rotatable bonds is 3. The van der Waals surface area contributed by atoms with Crippen LogP contribution in [0.25, 0.3) is 0 Å². The van der Waals surface area contributed by atoms with Gasteiger partial charge in [0.25, 0.3) is 0 Å². The van der Waals surface area contributed by atoms with Crippen molar-refractivity contribution < 1.29 is 5.11 Å². The Morgan fingerprint density at radius 2 is 2.43 bits per heavy atom. The average molecular weight is 100 g/mol. The maximum Gasteiger partial charge on any atom is 0.0515 e. The van der Waals surface area contributed by atoms with Crippen LogP contribution in [-0.2, 0) is 0 Å². The molecule has 0 aromatic rings. The number of aliphatic hydroxyl groups excluding tert-OH is 1. The first kappa shape index (κ1) is 6.70. The molecule has 0 spiro atoms. The molecule has 1 nitrogen and oxygen atoms in total. The first-order valence-corrected chi connectivity index (χ1v) is 2.56. The molecule has 1 N–H and O–H groups in total. The molecule has 0 heterocycles. The molecule has 0 fully saturated rings. The fraction of sp³-hybridized carbons (Fsp3) is 0.667. The zero-order chi connectivity index (χ0) is 5.70. The highest BCUT2D eigenvalue weighted by atomic mass is 16.3. The molecule has 0 saturated heterocycles. The van der Waals surface area contributed by atoms with Crippen LogP contribution in [0.2, 0.25) is 0 Å². The summed E-state index contributed by atoms with van der Waals surface area (Å²) in [6.45, 7) is 5.30. The Morgan fingerprint density at radius 1 is 1.86 bits per heavy atom. The van der Waals surface area contributed by atoms with Crippen LogP contribution in [0.1, 0.15) is 19.8 Å². The highest BCUT2D eigenvalue weighted by Crippen LogP contribution is 1.93. The minimum Gasteiger partial charge on any atom is -0.393 e. The topological polar surface area (TPSA) is 20.2 Å². The van der Waals surface area contributed by atoms with Gasteiger partial charge in [-0.1, -0.05) is 6.08 Å². The second-order valence-electron chi connectivity index (χ2n) is 1.72. The predicted molar refractivity (Wildman–Crippen MR) is 31.1 cm³/mol. The van der Waals surface area contributed by atoms with Gasteiger partial charge in [-0.25, -0.2) is 0 Å². The second-order valence-corrected chi connectivity index (χ2v) is 1.72. The summed E-state index contributed by atoms with van der Waals surface area (Å²) in [4.78, 5) is 0. The lowest BCUT2D eigenvalue weighted by atomic mass is 10.2. The van der Waals surface area contributed by atoms with E-state index in [4.69, 9.17) is 5.11 Å². The normalized spacial score (nSPS) is 13.4. The van der Waals surface area contributed by atoms with Crippen molar-refractivity contribution in [2.24, 2.45) is 0 Å². The maximum atomic E-state index is 8.64. The third-order valence-electron chi connectivity index (χ3n) is 0.789. The van der Waals surface area contributed by atoms with Crippen molar-refractivity contribution in [3.8, 4) is 0 Å². The third-order valence-corrected chi connectivity index (χ3v) is 0.789. The lowest BCUT2D eigenvalue weighted by Gasteiger charge is -1.96. The van der Waals surface area contributed by atoms with Crippen LogP contribution in [0.5, 0.6) is 0 Å². The standard InChI is InChI=1S/C6H12O/c1-3-4-5-6(2)7/h3,6-7H,1,4-5H2,2H3/t6-/m1/s1. The Bertz CT molecular complexity index is 48.1. The first-order valence-electron chi connectivity index (χ1n) is 2.56. The monoisotopic (exact) mass is 100 g/mol. The molecule has 0 rings (SSSR count). The van der Waals surface area contributed by atoms with Crippen LogP contribution in [-0.4, -0.2) is 11.2 Å². The fourth-order valence-corrected chi connectivity index (χ4v) is 0.359. The molecule has 0 aromatic heterocycles. The highest BCUT2D eigenvalue weighted by Gasteiger charge is 1.88. The van der Waals surface area contributed by atoms with E-state index in [0.717, 1.165) is 12.8 Å². The van der Waals surface area contributed by atoms with E-state index in [0.29, 0.717) is 0 Å². The third kappa shape index (κ3) is 5.70. The molecular formula is C6H12O. The predicted octanol–water partition coefficient (Wildman–Crippen LogP) is 1.33. The minimum absolute atomic E-state index is 0.169. The van der Waals surface area contributed by atoms with Crippen molar-refractivity contribution in [1.29, 1.82) is 0 Å². The van der Waals surface area contributed by atoms with Crippen molar-refractivity contribution in [3.63, 3.8) is 0 Å². The van der Waals surface area contributed by atoms with Gasteiger partial charge >= 0.3 is 0 Å². The van der Waals surface area contributed by atoms with Gasteiger partial charge in [-0.05, 0) is 19.8 Å². The van der Waals surface area contributed by atoms with Crippen LogP contribution in [0.4, 0.5) is 0 Å². The van der Waals surface area contributed by atoms with Gasteiger partial charge in [-0.2, -0.15) is 0 Å². The van der Waals surface area contributed by atoms with Crippen LogP contribution in [0.3, 0.4) is 0 Å². The maximum absolute atomic E-state index is 8.64. The SMILES string of the molecule is C=CCC[C@@H](C)O. The van der Waals surface area contributed by atoms with Crippen LogP contribution < -0.4 is 0 Å². The Morgan fingerprint density at radius 3 is 2.57 bits per heavy atom. The van der Waals surface area contributed by atoms with E-state index in [2.05, 4.69) is 6.58 Å².